The van der Waals surface area contributed by atoms with Gasteiger partial charge in [0, 0.05) is 6.42 Å². The van der Waals surface area contributed by atoms with E-state index in [9.17, 15) is 5.11 Å². The predicted octanol–water partition coefficient (Wildman–Crippen LogP) is 1.76. The van der Waals surface area contributed by atoms with Crippen LogP contribution in [0.25, 0.3) is 0 Å². The van der Waals surface area contributed by atoms with Gasteiger partial charge < -0.3 is 14.9 Å². The van der Waals surface area contributed by atoms with E-state index in [2.05, 4.69) is 0 Å². The maximum atomic E-state index is 9.65. The van der Waals surface area contributed by atoms with E-state index in [4.69, 9.17) is 9.84 Å². The third kappa shape index (κ3) is 5.14. The Morgan fingerprint density at radius 3 is 2.25 bits per heavy atom. The summed E-state index contributed by atoms with van der Waals surface area (Å²) in [7, 11) is 0. The van der Waals surface area contributed by atoms with Crippen LogP contribution in [0.5, 0.6) is 5.75 Å². The maximum Gasteiger partial charge on any atom is 0.119 e. The van der Waals surface area contributed by atoms with Gasteiger partial charge in [0.1, 0.15) is 12.4 Å². The molecule has 16 heavy (non-hydrogen) atoms. The van der Waals surface area contributed by atoms with Gasteiger partial charge in [-0.15, -0.1) is 0 Å². The molecule has 3 nitrogen and oxygen atoms in total. The highest BCUT2D eigenvalue weighted by Gasteiger charge is 2.13. The van der Waals surface area contributed by atoms with Gasteiger partial charge >= 0.3 is 0 Å². The van der Waals surface area contributed by atoms with Crippen molar-refractivity contribution in [3.8, 4) is 5.75 Å². The third-order valence-electron chi connectivity index (χ3n) is 2.05. The molecule has 3 heteroatoms. The second kappa shape index (κ2) is 5.32. The van der Waals surface area contributed by atoms with Gasteiger partial charge in [-0.25, -0.2) is 0 Å². The predicted molar refractivity (Wildman–Crippen MR) is 63.6 cm³/mol. The minimum atomic E-state index is -0.692. The number of ether oxygens (including phenoxy) is 1. The van der Waals surface area contributed by atoms with E-state index in [0.29, 0.717) is 13.0 Å². The van der Waals surface area contributed by atoms with Crippen LogP contribution in [0.15, 0.2) is 24.3 Å². The lowest BCUT2D eigenvalue weighted by atomic mass is 9.99. The van der Waals surface area contributed by atoms with Crippen molar-refractivity contribution < 1.29 is 14.9 Å². The standard InChI is InChI=1S/C13H20O3/c1-10(14)9-16-12-6-4-11(5-7-12)8-13(2,3)15/h4-7,10,14-15H,8-9H2,1-3H3. The van der Waals surface area contributed by atoms with Gasteiger partial charge in [0.15, 0.2) is 0 Å². The number of rotatable bonds is 5. The summed E-state index contributed by atoms with van der Waals surface area (Å²) in [5.41, 5.74) is 0.374. The molecular weight excluding hydrogens is 204 g/mol. The molecule has 0 spiro atoms. The minimum absolute atomic E-state index is 0.296. The van der Waals surface area contributed by atoms with Gasteiger partial charge in [-0.05, 0) is 38.5 Å². The maximum absolute atomic E-state index is 9.65. The molecule has 1 atom stereocenters. The Kier molecular flexibility index (Phi) is 4.33. The zero-order chi connectivity index (χ0) is 12.2. The number of hydrogen-bond acceptors (Lipinski definition) is 3. The van der Waals surface area contributed by atoms with E-state index < -0.39 is 11.7 Å². The molecule has 1 aromatic carbocycles. The van der Waals surface area contributed by atoms with E-state index in [0.717, 1.165) is 11.3 Å². The lowest BCUT2D eigenvalue weighted by Crippen LogP contribution is -2.21. The molecule has 90 valence electrons. The van der Waals surface area contributed by atoms with E-state index in [1.165, 1.54) is 0 Å². The first-order valence-electron chi connectivity index (χ1n) is 5.49. The molecule has 1 rings (SSSR count). The van der Waals surface area contributed by atoms with E-state index in [-0.39, 0.29) is 0 Å². The van der Waals surface area contributed by atoms with Crippen molar-refractivity contribution in [3.63, 3.8) is 0 Å². The van der Waals surface area contributed by atoms with Gasteiger partial charge in [0.25, 0.3) is 0 Å². The molecule has 0 amide bonds. The van der Waals surface area contributed by atoms with Gasteiger partial charge in [0.05, 0.1) is 11.7 Å². The Morgan fingerprint density at radius 2 is 1.81 bits per heavy atom. The fraction of sp³-hybridized carbons (Fsp3) is 0.538. The van der Waals surface area contributed by atoms with Crippen LogP contribution in [0.1, 0.15) is 26.3 Å². The van der Waals surface area contributed by atoms with Crippen LogP contribution in [0.2, 0.25) is 0 Å². The molecule has 0 saturated heterocycles. The van der Waals surface area contributed by atoms with Crippen LogP contribution in [0, 0.1) is 0 Å². The first-order valence-corrected chi connectivity index (χ1v) is 5.49. The molecule has 0 fully saturated rings. The molecule has 1 unspecified atom stereocenters. The van der Waals surface area contributed by atoms with Crippen molar-refractivity contribution in [3.05, 3.63) is 29.8 Å². The van der Waals surface area contributed by atoms with Crippen LogP contribution in [0.3, 0.4) is 0 Å². The zero-order valence-electron chi connectivity index (χ0n) is 10.1. The van der Waals surface area contributed by atoms with Crippen LogP contribution >= 0.6 is 0 Å². The van der Waals surface area contributed by atoms with Crippen LogP contribution in [-0.2, 0) is 6.42 Å². The Morgan fingerprint density at radius 1 is 1.25 bits per heavy atom. The van der Waals surface area contributed by atoms with Crippen molar-refractivity contribution in [1.29, 1.82) is 0 Å². The Hall–Kier alpha value is -1.06. The summed E-state index contributed by atoms with van der Waals surface area (Å²) in [4.78, 5) is 0. The molecule has 1 aromatic rings. The second-order valence-electron chi connectivity index (χ2n) is 4.79. The van der Waals surface area contributed by atoms with Crippen molar-refractivity contribution >= 4 is 0 Å². The van der Waals surface area contributed by atoms with Crippen molar-refractivity contribution in [2.24, 2.45) is 0 Å². The molecule has 0 aliphatic carbocycles. The van der Waals surface area contributed by atoms with Gasteiger partial charge in [-0.1, -0.05) is 12.1 Å². The summed E-state index contributed by atoms with van der Waals surface area (Å²) >= 11 is 0. The molecule has 0 aromatic heterocycles. The lowest BCUT2D eigenvalue weighted by molar-refractivity contribution is 0.0809. The molecule has 0 aliphatic heterocycles. The first-order chi connectivity index (χ1) is 7.37. The van der Waals surface area contributed by atoms with E-state index in [1.54, 1.807) is 20.8 Å². The van der Waals surface area contributed by atoms with Crippen molar-refractivity contribution in [2.75, 3.05) is 6.61 Å². The fourth-order valence-electron chi connectivity index (χ4n) is 1.42. The van der Waals surface area contributed by atoms with Gasteiger partial charge in [-0.3, -0.25) is 0 Å². The average molecular weight is 224 g/mol. The second-order valence-corrected chi connectivity index (χ2v) is 4.79. The highest BCUT2D eigenvalue weighted by Crippen LogP contribution is 2.16. The first kappa shape index (κ1) is 13.0. The number of benzene rings is 1. The number of aliphatic hydroxyl groups is 2. The summed E-state index contributed by atoms with van der Waals surface area (Å²) in [5, 5.41) is 18.7. The molecule has 0 heterocycles. The van der Waals surface area contributed by atoms with Crippen molar-refractivity contribution in [2.45, 2.75) is 38.9 Å². The summed E-state index contributed by atoms with van der Waals surface area (Å²) in [6, 6.07) is 7.55. The third-order valence-corrected chi connectivity index (χ3v) is 2.05. The molecular formula is C13H20O3. The Bertz CT molecular complexity index is 309. The average Bonchev–Trinajstić information content (AvgIpc) is 2.14. The normalized spacial score (nSPS) is 13.6. The molecule has 2 N–H and O–H groups in total. The molecule has 0 bridgehead atoms. The van der Waals surface area contributed by atoms with Crippen LogP contribution in [-0.4, -0.2) is 28.5 Å². The Balaban J connectivity index is 2.54. The fourth-order valence-corrected chi connectivity index (χ4v) is 1.42. The summed E-state index contributed by atoms with van der Waals surface area (Å²) < 4.78 is 5.34. The van der Waals surface area contributed by atoms with E-state index in [1.807, 2.05) is 24.3 Å². The summed E-state index contributed by atoms with van der Waals surface area (Å²) in [6.45, 7) is 5.54. The summed E-state index contributed by atoms with van der Waals surface area (Å²) in [5.74, 6) is 0.736. The SMILES string of the molecule is CC(O)COc1ccc(CC(C)(C)O)cc1. The topological polar surface area (TPSA) is 49.7 Å². The molecule has 0 aliphatic rings. The van der Waals surface area contributed by atoms with Crippen molar-refractivity contribution in [1.82, 2.24) is 0 Å². The number of aliphatic hydroxyl groups excluding tert-OH is 1. The smallest absolute Gasteiger partial charge is 0.119 e. The molecule has 0 saturated carbocycles. The number of hydrogen-bond donors (Lipinski definition) is 2. The van der Waals surface area contributed by atoms with E-state index >= 15 is 0 Å². The van der Waals surface area contributed by atoms with Gasteiger partial charge in [-0.2, -0.15) is 0 Å². The minimum Gasteiger partial charge on any atom is -0.491 e. The highest BCUT2D eigenvalue weighted by atomic mass is 16.5. The summed E-state index contributed by atoms with van der Waals surface area (Å²) in [6.07, 6.45) is 0.153. The zero-order valence-corrected chi connectivity index (χ0v) is 10.1. The quantitative estimate of drug-likeness (QED) is 0.801. The van der Waals surface area contributed by atoms with Gasteiger partial charge in [0.2, 0.25) is 0 Å². The monoisotopic (exact) mass is 224 g/mol. The molecule has 0 radical (unpaired) electrons. The largest absolute Gasteiger partial charge is 0.491 e. The van der Waals surface area contributed by atoms with Crippen LogP contribution < -0.4 is 4.74 Å². The lowest BCUT2D eigenvalue weighted by Gasteiger charge is -2.17. The highest BCUT2D eigenvalue weighted by molar-refractivity contribution is 5.28. The Labute approximate surface area is 96.7 Å². The van der Waals surface area contributed by atoms with Crippen LogP contribution in [0.4, 0.5) is 0 Å².